The zero-order valence-corrected chi connectivity index (χ0v) is 49.0. The van der Waals surface area contributed by atoms with Gasteiger partial charge in [-0.25, -0.2) is 0 Å². The third-order valence-electron chi connectivity index (χ3n) is 15.3. The van der Waals surface area contributed by atoms with Crippen LogP contribution in [0.4, 0.5) is 0 Å². The maximum Gasteiger partial charge on any atom is 0.220 e. The minimum atomic E-state index is -0.871. The Balaban J connectivity index is 3.48. The van der Waals surface area contributed by atoms with Gasteiger partial charge >= 0.3 is 0 Å². The van der Waals surface area contributed by atoms with E-state index in [0.717, 1.165) is 38.5 Å². The Bertz CT molecular complexity index is 1140. The molecule has 0 radical (unpaired) electrons. The molecule has 0 saturated carbocycles. The quantitative estimate of drug-likeness (QED) is 0.0420. The lowest BCUT2D eigenvalue weighted by molar-refractivity contribution is -0.123. The minimum Gasteiger partial charge on any atom is -0.394 e. The molecule has 0 heterocycles. The van der Waals surface area contributed by atoms with Gasteiger partial charge in [-0.3, -0.25) is 4.79 Å². The number of nitrogens with one attached hydrogen (secondary N) is 1. The van der Waals surface area contributed by atoms with E-state index in [2.05, 4.69) is 55.6 Å². The molecule has 2 atom stereocenters. The topological polar surface area (TPSA) is 69.6 Å². The SMILES string of the molecule is CCCCCCCCCC/C=C\CCCCCCCCCCCCCCCCCCCCCCCC(=O)NC(CO)C(O)/C=C/CC/C=C/CC/C=C/CCCCCCCCCCCCCCCCCCC. The molecular weight excluding hydrogens is 879 g/mol. The van der Waals surface area contributed by atoms with E-state index in [1.165, 1.54) is 302 Å². The van der Waals surface area contributed by atoms with Crippen LogP contribution in [0, 0.1) is 0 Å². The Morgan fingerprint density at radius 3 is 0.806 bits per heavy atom. The lowest BCUT2D eigenvalue weighted by atomic mass is 10.0. The molecule has 0 aromatic rings. The first-order valence-electron chi connectivity index (χ1n) is 32.9. The maximum atomic E-state index is 12.5. The van der Waals surface area contributed by atoms with Crippen molar-refractivity contribution in [1.29, 1.82) is 0 Å². The van der Waals surface area contributed by atoms with Gasteiger partial charge in [0, 0.05) is 6.42 Å². The van der Waals surface area contributed by atoms with E-state index in [-0.39, 0.29) is 12.5 Å². The minimum absolute atomic E-state index is 0.0715. The van der Waals surface area contributed by atoms with Gasteiger partial charge in [0.1, 0.15) is 0 Å². The van der Waals surface area contributed by atoms with Crippen molar-refractivity contribution >= 4 is 5.91 Å². The van der Waals surface area contributed by atoms with Crippen LogP contribution < -0.4 is 5.32 Å². The van der Waals surface area contributed by atoms with Crippen molar-refractivity contribution < 1.29 is 15.0 Å². The summed E-state index contributed by atoms with van der Waals surface area (Å²) in [7, 11) is 0. The highest BCUT2D eigenvalue weighted by molar-refractivity contribution is 5.76. The monoisotopic (exact) mass is 1010 g/mol. The van der Waals surface area contributed by atoms with Crippen LogP contribution in [0.1, 0.15) is 361 Å². The molecule has 1 amide bonds. The fourth-order valence-electron chi connectivity index (χ4n) is 10.3. The van der Waals surface area contributed by atoms with Gasteiger partial charge in [0.15, 0.2) is 0 Å². The van der Waals surface area contributed by atoms with Crippen LogP contribution in [0.15, 0.2) is 48.6 Å². The van der Waals surface area contributed by atoms with Gasteiger partial charge in [-0.05, 0) is 70.6 Å². The number of rotatable bonds is 61. The molecule has 0 saturated heterocycles. The van der Waals surface area contributed by atoms with Crippen molar-refractivity contribution in [3.05, 3.63) is 48.6 Å². The molecule has 3 N–H and O–H groups in total. The number of amides is 1. The van der Waals surface area contributed by atoms with Crippen molar-refractivity contribution in [3.63, 3.8) is 0 Å². The summed E-state index contributed by atoms with van der Waals surface area (Å²) in [5.74, 6) is -0.0715. The fraction of sp³-hybridized carbons (Fsp3) is 0.868. The molecule has 0 spiro atoms. The largest absolute Gasteiger partial charge is 0.394 e. The number of carbonyl (C=O) groups excluding carboxylic acids is 1. The third kappa shape index (κ3) is 59.2. The van der Waals surface area contributed by atoms with Gasteiger partial charge in [-0.1, -0.05) is 332 Å². The van der Waals surface area contributed by atoms with E-state index in [1.54, 1.807) is 6.08 Å². The molecule has 2 unspecified atom stereocenters. The normalized spacial score (nSPS) is 13.0. The zero-order chi connectivity index (χ0) is 52.0. The molecule has 0 aliphatic rings. The lowest BCUT2D eigenvalue weighted by Gasteiger charge is -2.19. The van der Waals surface area contributed by atoms with Crippen molar-refractivity contribution in [1.82, 2.24) is 5.32 Å². The Morgan fingerprint density at radius 2 is 0.542 bits per heavy atom. The Labute approximate surface area is 452 Å². The van der Waals surface area contributed by atoms with Gasteiger partial charge < -0.3 is 15.5 Å². The summed E-state index contributed by atoms with van der Waals surface area (Å²) in [5.41, 5.74) is 0. The lowest BCUT2D eigenvalue weighted by Crippen LogP contribution is -2.45. The maximum absolute atomic E-state index is 12.5. The number of carbonyl (C=O) groups is 1. The van der Waals surface area contributed by atoms with Crippen molar-refractivity contribution in [2.24, 2.45) is 0 Å². The first-order chi connectivity index (χ1) is 35.7. The summed E-state index contributed by atoms with van der Waals surface area (Å²) >= 11 is 0. The van der Waals surface area contributed by atoms with Crippen LogP contribution in [0.5, 0.6) is 0 Å². The summed E-state index contributed by atoms with van der Waals surface area (Å²) in [6.07, 6.45) is 89.0. The molecule has 0 aromatic carbocycles. The number of hydrogen-bond acceptors (Lipinski definition) is 3. The summed E-state index contributed by atoms with van der Waals surface area (Å²) in [4.78, 5) is 12.5. The molecule has 0 aliphatic heterocycles. The average Bonchev–Trinajstić information content (AvgIpc) is 3.39. The van der Waals surface area contributed by atoms with E-state index in [9.17, 15) is 15.0 Å². The van der Waals surface area contributed by atoms with Crippen LogP contribution in [0.3, 0.4) is 0 Å². The fourth-order valence-corrected chi connectivity index (χ4v) is 10.3. The van der Waals surface area contributed by atoms with Gasteiger partial charge in [-0.2, -0.15) is 0 Å². The van der Waals surface area contributed by atoms with E-state index in [4.69, 9.17) is 0 Å². The van der Waals surface area contributed by atoms with Gasteiger partial charge in [0.05, 0.1) is 18.8 Å². The van der Waals surface area contributed by atoms with E-state index in [1.807, 2.05) is 6.08 Å². The summed E-state index contributed by atoms with van der Waals surface area (Å²) in [6.45, 7) is 4.33. The molecule has 0 bridgehead atoms. The second-order valence-electron chi connectivity index (χ2n) is 22.5. The van der Waals surface area contributed by atoms with Crippen molar-refractivity contribution in [2.45, 2.75) is 373 Å². The van der Waals surface area contributed by atoms with Gasteiger partial charge in [0.2, 0.25) is 5.91 Å². The Kier molecular flexibility index (Phi) is 62.2. The van der Waals surface area contributed by atoms with E-state index >= 15 is 0 Å². The second-order valence-corrected chi connectivity index (χ2v) is 22.5. The second kappa shape index (κ2) is 63.6. The average molecular weight is 1010 g/mol. The predicted molar refractivity (Wildman–Crippen MR) is 322 cm³/mol. The number of aliphatic hydroxyl groups is 2. The van der Waals surface area contributed by atoms with Crippen LogP contribution in [0.25, 0.3) is 0 Å². The number of allylic oxidation sites excluding steroid dienone is 7. The summed E-state index contributed by atoms with van der Waals surface area (Å²) < 4.78 is 0. The molecule has 0 aliphatic carbocycles. The highest BCUT2D eigenvalue weighted by atomic mass is 16.3. The zero-order valence-electron chi connectivity index (χ0n) is 49.0. The van der Waals surface area contributed by atoms with Gasteiger partial charge in [0.25, 0.3) is 0 Å². The van der Waals surface area contributed by atoms with Crippen molar-refractivity contribution in [2.75, 3.05) is 6.61 Å². The Hall–Kier alpha value is -1.65. The van der Waals surface area contributed by atoms with Crippen molar-refractivity contribution in [3.8, 4) is 0 Å². The summed E-state index contributed by atoms with van der Waals surface area (Å²) in [6, 6.07) is -0.646. The predicted octanol–water partition coefficient (Wildman–Crippen LogP) is 22.2. The number of aliphatic hydroxyl groups excluding tert-OH is 2. The van der Waals surface area contributed by atoms with E-state index in [0.29, 0.717) is 6.42 Å². The highest BCUT2D eigenvalue weighted by Gasteiger charge is 2.18. The summed E-state index contributed by atoms with van der Waals surface area (Å²) in [5, 5.41) is 23.2. The highest BCUT2D eigenvalue weighted by Crippen LogP contribution is 2.18. The molecule has 4 heteroatoms. The Morgan fingerprint density at radius 1 is 0.319 bits per heavy atom. The van der Waals surface area contributed by atoms with Crippen LogP contribution in [-0.2, 0) is 4.79 Å². The van der Waals surface area contributed by atoms with Crippen LogP contribution >= 0.6 is 0 Å². The number of unbranched alkanes of at least 4 members (excludes halogenated alkanes) is 48. The molecule has 0 rings (SSSR count). The smallest absolute Gasteiger partial charge is 0.220 e. The molecule has 72 heavy (non-hydrogen) atoms. The first kappa shape index (κ1) is 70.3. The van der Waals surface area contributed by atoms with E-state index < -0.39 is 12.1 Å². The molecule has 424 valence electrons. The van der Waals surface area contributed by atoms with Gasteiger partial charge in [-0.15, -0.1) is 0 Å². The molecule has 0 aromatic heterocycles. The van der Waals surface area contributed by atoms with Crippen LogP contribution in [0.2, 0.25) is 0 Å². The first-order valence-corrected chi connectivity index (χ1v) is 32.9. The van der Waals surface area contributed by atoms with Crippen LogP contribution in [-0.4, -0.2) is 34.9 Å². The molecular formula is C68H129NO3. The molecule has 0 fully saturated rings. The standard InChI is InChI=1S/C68H129NO3/c1-3-5-7-9-11-13-15-17-19-21-23-25-27-29-31-32-33-34-35-36-38-40-42-44-46-48-50-52-54-56-58-60-62-64-68(72)69-66(65-70)67(71)63-61-59-57-55-53-51-49-47-45-43-41-39-37-30-28-26-24-22-20-18-16-14-12-10-8-6-4-2/h21,23,45,47,53,55,61,63,66-67,70-71H,3-20,22,24-44,46,48-52,54,56-60,62,64-65H2,1-2H3,(H,69,72)/b23-21-,47-45+,55-53+,63-61+. The molecule has 4 nitrogen and oxygen atoms in total. The number of hydrogen-bond donors (Lipinski definition) is 3. The third-order valence-corrected chi connectivity index (χ3v) is 15.3.